The van der Waals surface area contributed by atoms with Gasteiger partial charge in [-0.25, -0.2) is 4.79 Å². The third-order valence-corrected chi connectivity index (χ3v) is 4.39. The van der Waals surface area contributed by atoms with E-state index in [1.54, 1.807) is 24.3 Å². The van der Waals surface area contributed by atoms with Crippen molar-refractivity contribution in [2.45, 2.75) is 26.3 Å². The summed E-state index contributed by atoms with van der Waals surface area (Å²) in [6, 6.07) is 12.2. The smallest absolute Gasteiger partial charge is 0.333 e. The number of halogens is 1. The minimum atomic E-state index is -0.846. The standard InChI is InChI=1S/C20H22BrNO4/c1-13-4-9-17(14(2)12-13)26-11-10-18(23)22-19(20(24)25-3)15-5-7-16(21)8-6-15/h4-9,12,19H,10-11H2,1-3H3,(H,22,23). The Bertz CT molecular complexity index is 774. The van der Waals surface area contributed by atoms with Crippen molar-refractivity contribution in [1.29, 1.82) is 0 Å². The zero-order valence-corrected chi connectivity index (χ0v) is 16.6. The molecule has 5 nitrogen and oxygen atoms in total. The Hall–Kier alpha value is -2.34. The molecule has 0 aliphatic carbocycles. The van der Waals surface area contributed by atoms with E-state index in [1.165, 1.54) is 7.11 Å². The van der Waals surface area contributed by atoms with Gasteiger partial charge in [-0.2, -0.15) is 0 Å². The number of rotatable bonds is 7. The van der Waals surface area contributed by atoms with Gasteiger partial charge in [-0.3, -0.25) is 4.79 Å². The van der Waals surface area contributed by atoms with Crippen LogP contribution in [-0.2, 0) is 14.3 Å². The third-order valence-electron chi connectivity index (χ3n) is 3.86. The van der Waals surface area contributed by atoms with Crippen LogP contribution in [0.15, 0.2) is 46.9 Å². The predicted octanol–water partition coefficient (Wildman–Crippen LogP) is 3.87. The number of hydrogen-bond donors (Lipinski definition) is 1. The molecule has 0 spiro atoms. The van der Waals surface area contributed by atoms with Crippen molar-refractivity contribution in [2.75, 3.05) is 13.7 Å². The largest absolute Gasteiger partial charge is 0.493 e. The number of methoxy groups -OCH3 is 1. The van der Waals surface area contributed by atoms with Gasteiger partial charge < -0.3 is 14.8 Å². The fraction of sp³-hybridized carbons (Fsp3) is 0.300. The van der Waals surface area contributed by atoms with Gasteiger partial charge in [-0.15, -0.1) is 0 Å². The molecule has 6 heteroatoms. The number of nitrogens with one attached hydrogen (secondary N) is 1. The molecular weight excluding hydrogens is 398 g/mol. The quantitative estimate of drug-likeness (QED) is 0.691. The fourth-order valence-corrected chi connectivity index (χ4v) is 2.76. The van der Waals surface area contributed by atoms with Crippen LogP contribution in [0.5, 0.6) is 5.75 Å². The molecular formula is C20H22BrNO4. The van der Waals surface area contributed by atoms with E-state index in [2.05, 4.69) is 21.2 Å². The second-order valence-corrected chi connectivity index (χ2v) is 6.86. The van der Waals surface area contributed by atoms with Crippen LogP contribution in [0.25, 0.3) is 0 Å². The van der Waals surface area contributed by atoms with Crippen molar-refractivity contribution in [3.63, 3.8) is 0 Å². The molecule has 0 aromatic heterocycles. The lowest BCUT2D eigenvalue weighted by molar-refractivity contribution is -0.145. The molecule has 2 rings (SSSR count). The van der Waals surface area contributed by atoms with Crippen LogP contribution in [0.3, 0.4) is 0 Å². The van der Waals surface area contributed by atoms with Gasteiger partial charge in [0.1, 0.15) is 5.75 Å². The lowest BCUT2D eigenvalue weighted by Gasteiger charge is -2.17. The highest BCUT2D eigenvalue weighted by Crippen LogP contribution is 2.20. The first kappa shape index (κ1) is 20.0. The summed E-state index contributed by atoms with van der Waals surface area (Å²) in [6.45, 7) is 4.20. The van der Waals surface area contributed by atoms with Crippen LogP contribution in [0.2, 0.25) is 0 Å². The number of esters is 1. The Kier molecular flexibility index (Phi) is 7.21. The average Bonchev–Trinajstić information content (AvgIpc) is 2.62. The van der Waals surface area contributed by atoms with Crippen molar-refractivity contribution >= 4 is 27.8 Å². The molecule has 0 aliphatic rings. The molecule has 0 saturated heterocycles. The van der Waals surface area contributed by atoms with Crippen LogP contribution in [0, 0.1) is 13.8 Å². The highest BCUT2D eigenvalue weighted by atomic mass is 79.9. The minimum absolute atomic E-state index is 0.136. The van der Waals surface area contributed by atoms with Crippen LogP contribution >= 0.6 is 15.9 Å². The summed E-state index contributed by atoms with van der Waals surface area (Å²) < 4.78 is 11.4. The average molecular weight is 420 g/mol. The van der Waals surface area contributed by atoms with Gasteiger partial charge in [0.25, 0.3) is 0 Å². The van der Waals surface area contributed by atoms with E-state index in [-0.39, 0.29) is 18.9 Å². The van der Waals surface area contributed by atoms with E-state index in [4.69, 9.17) is 9.47 Å². The maximum atomic E-state index is 12.2. The molecule has 26 heavy (non-hydrogen) atoms. The SMILES string of the molecule is COC(=O)C(NC(=O)CCOc1ccc(C)cc1C)c1ccc(Br)cc1. The molecule has 1 amide bonds. The van der Waals surface area contributed by atoms with Gasteiger partial charge in [0.15, 0.2) is 6.04 Å². The number of aryl methyl sites for hydroxylation is 2. The molecule has 0 aliphatic heterocycles. The Morgan fingerprint density at radius 3 is 2.42 bits per heavy atom. The van der Waals surface area contributed by atoms with Crippen LogP contribution in [0.4, 0.5) is 0 Å². The number of carbonyl (C=O) groups excluding carboxylic acids is 2. The highest BCUT2D eigenvalue weighted by molar-refractivity contribution is 9.10. The lowest BCUT2D eigenvalue weighted by atomic mass is 10.1. The van der Waals surface area contributed by atoms with E-state index in [9.17, 15) is 9.59 Å². The number of amides is 1. The molecule has 0 bridgehead atoms. The summed E-state index contributed by atoms with van der Waals surface area (Å²) in [4.78, 5) is 24.3. The van der Waals surface area contributed by atoms with Crippen molar-refractivity contribution in [1.82, 2.24) is 5.32 Å². The Morgan fingerprint density at radius 2 is 1.81 bits per heavy atom. The highest BCUT2D eigenvalue weighted by Gasteiger charge is 2.23. The van der Waals surface area contributed by atoms with Crippen LogP contribution < -0.4 is 10.1 Å². The lowest BCUT2D eigenvalue weighted by Crippen LogP contribution is -2.35. The van der Waals surface area contributed by atoms with Crippen LogP contribution in [-0.4, -0.2) is 25.6 Å². The monoisotopic (exact) mass is 419 g/mol. The van der Waals surface area contributed by atoms with Crippen molar-refractivity contribution in [3.05, 3.63) is 63.6 Å². The Balaban J connectivity index is 1.94. The van der Waals surface area contributed by atoms with Gasteiger partial charge in [0.2, 0.25) is 5.91 Å². The Morgan fingerprint density at radius 1 is 1.12 bits per heavy atom. The molecule has 0 heterocycles. The summed E-state index contributed by atoms with van der Waals surface area (Å²) in [5, 5.41) is 2.70. The fourth-order valence-electron chi connectivity index (χ4n) is 2.50. The number of benzene rings is 2. The number of hydrogen-bond acceptors (Lipinski definition) is 4. The van der Waals surface area contributed by atoms with Gasteiger partial charge in [0.05, 0.1) is 20.1 Å². The first-order valence-electron chi connectivity index (χ1n) is 8.23. The van der Waals surface area contributed by atoms with E-state index < -0.39 is 12.0 Å². The topological polar surface area (TPSA) is 64.6 Å². The van der Waals surface area contributed by atoms with Crippen molar-refractivity contribution in [3.8, 4) is 5.75 Å². The summed E-state index contributed by atoms with van der Waals surface area (Å²) in [5.74, 6) is -0.0510. The summed E-state index contributed by atoms with van der Waals surface area (Å²) >= 11 is 3.35. The van der Waals surface area contributed by atoms with Gasteiger partial charge >= 0.3 is 5.97 Å². The number of carbonyl (C=O) groups is 2. The maximum Gasteiger partial charge on any atom is 0.333 e. The molecule has 1 atom stereocenters. The minimum Gasteiger partial charge on any atom is -0.493 e. The summed E-state index contributed by atoms with van der Waals surface area (Å²) in [5.41, 5.74) is 2.83. The van der Waals surface area contributed by atoms with E-state index >= 15 is 0 Å². The predicted molar refractivity (Wildman–Crippen MR) is 103 cm³/mol. The van der Waals surface area contributed by atoms with Crippen LogP contribution in [0.1, 0.15) is 29.2 Å². The normalized spacial score (nSPS) is 11.5. The van der Waals surface area contributed by atoms with Crippen molar-refractivity contribution < 1.29 is 19.1 Å². The van der Waals surface area contributed by atoms with E-state index in [0.717, 1.165) is 21.3 Å². The molecule has 0 saturated carbocycles. The van der Waals surface area contributed by atoms with Gasteiger partial charge in [-0.05, 0) is 43.2 Å². The van der Waals surface area contributed by atoms with Gasteiger partial charge in [-0.1, -0.05) is 45.8 Å². The van der Waals surface area contributed by atoms with Crippen molar-refractivity contribution in [2.24, 2.45) is 0 Å². The second-order valence-electron chi connectivity index (χ2n) is 5.94. The summed E-state index contributed by atoms with van der Waals surface area (Å²) in [6.07, 6.45) is 0.136. The molecule has 1 unspecified atom stereocenters. The second kappa shape index (κ2) is 9.38. The molecule has 0 fully saturated rings. The molecule has 0 radical (unpaired) electrons. The first-order chi connectivity index (χ1) is 12.4. The zero-order valence-electron chi connectivity index (χ0n) is 15.0. The maximum absolute atomic E-state index is 12.2. The zero-order chi connectivity index (χ0) is 19.1. The van der Waals surface area contributed by atoms with E-state index in [1.807, 2.05) is 32.0 Å². The Labute approximate surface area is 161 Å². The molecule has 2 aromatic rings. The molecule has 2 aromatic carbocycles. The van der Waals surface area contributed by atoms with Gasteiger partial charge in [0, 0.05) is 4.47 Å². The third kappa shape index (κ3) is 5.59. The first-order valence-corrected chi connectivity index (χ1v) is 9.02. The molecule has 1 N–H and O–H groups in total. The summed E-state index contributed by atoms with van der Waals surface area (Å²) in [7, 11) is 1.30. The number of ether oxygens (including phenoxy) is 2. The van der Waals surface area contributed by atoms with E-state index in [0.29, 0.717) is 5.56 Å². The molecule has 138 valence electrons.